The van der Waals surface area contributed by atoms with E-state index in [9.17, 15) is 0 Å². The van der Waals surface area contributed by atoms with E-state index in [1.165, 1.54) is 0 Å². The molecule has 0 amide bonds. The maximum atomic E-state index is 2.38. The molecular formula is C13H22. The molecule has 0 aliphatic heterocycles. The molecule has 1 aliphatic carbocycles. The van der Waals surface area contributed by atoms with E-state index in [0.717, 1.165) is 6.42 Å². The van der Waals surface area contributed by atoms with E-state index in [1.54, 1.807) is 11.1 Å². The highest BCUT2D eigenvalue weighted by atomic mass is 14.3. The molecule has 0 nitrogen and oxygen atoms in total. The minimum Gasteiger partial charge on any atom is -0.0767 e. The van der Waals surface area contributed by atoms with Crippen molar-refractivity contribution in [3.05, 3.63) is 23.3 Å². The number of hydrogen-bond acceptors (Lipinski definition) is 0. The molecule has 0 spiro atoms. The third-order valence-corrected chi connectivity index (χ3v) is 2.55. The van der Waals surface area contributed by atoms with Crippen LogP contribution >= 0.6 is 0 Å². The van der Waals surface area contributed by atoms with Gasteiger partial charge in [-0.3, -0.25) is 0 Å². The lowest BCUT2D eigenvalue weighted by Gasteiger charge is -2.31. The van der Waals surface area contributed by atoms with Crippen LogP contribution in [0.5, 0.6) is 0 Å². The van der Waals surface area contributed by atoms with E-state index in [4.69, 9.17) is 0 Å². The normalized spacial score (nSPS) is 18.6. The first kappa shape index (κ1) is 10.6. The van der Waals surface area contributed by atoms with Crippen molar-refractivity contribution in [2.75, 3.05) is 0 Å². The highest BCUT2D eigenvalue weighted by Gasteiger charge is 2.29. The standard InChI is InChI=1S/C13H22/c1-12(2,3)10-8-7-9-11(10)13(4,5)6/h8-9H,7H2,1-6H3. The fraction of sp³-hybridized carbons (Fsp3) is 0.692. The molecule has 0 aromatic rings. The summed E-state index contributed by atoms with van der Waals surface area (Å²) in [5.41, 5.74) is 3.69. The summed E-state index contributed by atoms with van der Waals surface area (Å²) in [6, 6.07) is 0. The van der Waals surface area contributed by atoms with Crippen molar-refractivity contribution in [1.29, 1.82) is 0 Å². The zero-order chi connectivity index (χ0) is 10.3. The van der Waals surface area contributed by atoms with Gasteiger partial charge in [0.15, 0.2) is 0 Å². The van der Waals surface area contributed by atoms with Crippen molar-refractivity contribution in [1.82, 2.24) is 0 Å². The Morgan fingerprint density at radius 1 is 0.769 bits per heavy atom. The SMILES string of the molecule is CC(C)(C)C1=CCC=C1C(C)(C)C. The lowest BCUT2D eigenvalue weighted by molar-refractivity contribution is 0.449. The molecule has 0 heteroatoms. The molecule has 0 aromatic heterocycles. The van der Waals surface area contributed by atoms with Crippen molar-refractivity contribution in [3.63, 3.8) is 0 Å². The van der Waals surface area contributed by atoms with Gasteiger partial charge < -0.3 is 0 Å². The smallest absolute Gasteiger partial charge is 0.0132 e. The number of allylic oxidation sites excluding steroid dienone is 4. The van der Waals surface area contributed by atoms with Crippen LogP contribution < -0.4 is 0 Å². The van der Waals surface area contributed by atoms with E-state index in [2.05, 4.69) is 53.7 Å². The van der Waals surface area contributed by atoms with Gasteiger partial charge in [-0.2, -0.15) is 0 Å². The van der Waals surface area contributed by atoms with E-state index in [1.807, 2.05) is 0 Å². The Balaban J connectivity index is 2.99. The summed E-state index contributed by atoms with van der Waals surface area (Å²) in [6.07, 6.45) is 5.88. The first-order valence-electron chi connectivity index (χ1n) is 5.14. The zero-order valence-corrected chi connectivity index (χ0v) is 9.86. The highest BCUT2D eigenvalue weighted by Crippen LogP contribution is 2.43. The summed E-state index contributed by atoms with van der Waals surface area (Å²) in [6.45, 7) is 13.8. The van der Waals surface area contributed by atoms with Crippen LogP contribution in [0.1, 0.15) is 48.0 Å². The van der Waals surface area contributed by atoms with Crippen molar-refractivity contribution < 1.29 is 0 Å². The Morgan fingerprint density at radius 2 is 1.08 bits per heavy atom. The molecule has 0 unspecified atom stereocenters. The second kappa shape index (κ2) is 3.01. The quantitative estimate of drug-likeness (QED) is 0.518. The van der Waals surface area contributed by atoms with Crippen LogP contribution in [0, 0.1) is 10.8 Å². The van der Waals surface area contributed by atoms with Crippen LogP contribution in [0.3, 0.4) is 0 Å². The minimum absolute atomic E-state index is 0.301. The molecule has 0 N–H and O–H groups in total. The first-order chi connectivity index (χ1) is 5.73. The maximum Gasteiger partial charge on any atom is -0.0132 e. The second-order valence-corrected chi connectivity index (χ2v) is 5.97. The molecule has 0 bridgehead atoms. The Labute approximate surface area is 82.7 Å². The van der Waals surface area contributed by atoms with Crippen molar-refractivity contribution in [2.45, 2.75) is 48.0 Å². The van der Waals surface area contributed by atoms with Crippen LogP contribution in [0.25, 0.3) is 0 Å². The van der Waals surface area contributed by atoms with Gasteiger partial charge in [-0.25, -0.2) is 0 Å². The van der Waals surface area contributed by atoms with Gasteiger partial charge in [0.05, 0.1) is 0 Å². The second-order valence-electron chi connectivity index (χ2n) is 5.97. The lowest BCUT2D eigenvalue weighted by Crippen LogP contribution is -2.18. The van der Waals surface area contributed by atoms with E-state index in [0.29, 0.717) is 10.8 Å². The van der Waals surface area contributed by atoms with E-state index in [-0.39, 0.29) is 0 Å². The molecule has 0 fully saturated rings. The van der Waals surface area contributed by atoms with Crippen LogP contribution in [0.2, 0.25) is 0 Å². The molecular weight excluding hydrogens is 156 g/mol. The van der Waals surface area contributed by atoms with Gasteiger partial charge in [0, 0.05) is 0 Å². The van der Waals surface area contributed by atoms with Crippen molar-refractivity contribution >= 4 is 0 Å². The topological polar surface area (TPSA) is 0 Å². The zero-order valence-electron chi connectivity index (χ0n) is 9.86. The molecule has 0 heterocycles. The van der Waals surface area contributed by atoms with Crippen LogP contribution in [0.4, 0.5) is 0 Å². The first-order valence-corrected chi connectivity index (χ1v) is 5.14. The fourth-order valence-electron chi connectivity index (χ4n) is 1.93. The number of rotatable bonds is 0. The Morgan fingerprint density at radius 3 is 1.31 bits per heavy atom. The molecule has 0 radical (unpaired) electrons. The van der Waals surface area contributed by atoms with Gasteiger partial charge in [-0.05, 0) is 28.4 Å². The summed E-state index contributed by atoms with van der Waals surface area (Å²) < 4.78 is 0. The Hall–Kier alpha value is -0.520. The predicted octanol–water partition coefficient (Wildman–Crippen LogP) is 4.34. The summed E-state index contributed by atoms with van der Waals surface area (Å²) in [5, 5.41) is 0. The van der Waals surface area contributed by atoms with Gasteiger partial charge >= 0.3 is 0 Å². The molecule has 0 atom stereocenters. The molecule has 1 aliphatic rings. The maximum absolute atomic E-state index is 2.38. The molecule has 0 saturated heterocycles. The third-order valence-electron chi connectivity index (χ3n) is 2.55. The van der Waals surface area contributed by atoms with Crippen molar-refractivity contribution in [3.8, 4) is 0 Å². The largest absolute Gasteiger partial charge is 0.0767 e. The number of hydrogen-bond donors (Lipinski definition) is 0. The van der Waals surface area contributed by atoms with Gasteiger partial charge in [-0.1, -0.05) is 53.7 Å². The molecule has 13 heavy (non-hydrogen) atoms. The van der Waals surface area contributed by atoms with Gasteiger partial charge in [-0.15, -0.1) is 0 Å². The van der Waals surface area contributed by atoms with Gasteiger partial charge in [0.25, 0.3) is 0 Å². The van der Waals surface area contributed by atoms with Gasteiger partial charge in [0.1, 0.15) is 0 Å². The Bertz CT molecular complexity index is 223. The third kappa shape index (κ3) is 2.24. The van der Waals surface area contributed by atoms with E-state index < -0.39 is 0 Å². The van der Waals surface area contributed by atoms with Crippen LogP contribution in [-0.4, -0.2) is 0 Å². The van der Waals surface area contributed by atoms with Crippen LogP contribution in [0.15, 0.2) is 23.3 Å². The fourth-order valence-corrected chi connectivity index (χ4v) is 1.93. The minimum atomic E-state index is 0.301. The van der Waals surface area contributed by atoms with E-state index >= 15 is 0 Å². The average molecular weight is 178 g/mol. The molecule has 0 aromatic carbocycles. The average Bonchev–Trinajstić information content (AvgIpc) is 2.27. The summed E-state index contributed by atoms with van der Waals surface area (Å²) in [5.74, 6) is 0. The Kier molecular flexibility index (Phi) is 2.44. The predicted molar refractivity (Wildman–Crippen MR) is 59.7 cm³/mol. The monoisotopic (exact) mass is 178 g/mol. The van der Waals surface area contributed by atoms with Crippen LogP contribution in [-0.2, 0) is 0 Å². The summed E-state index contributed by atoms with van der Waals surface area (Å²) in [7, 11) is 0. The van der Waals surface area contributed by atoms with Gasteiger partial charge in [0.2, 0.25) is 0 Å². The summed E-state index contributed by atoms with van der Waals surface area (Å²) in [4.78, 5) is 0. The summed E-state index contributed by atoms with van der Waals surface area (Å²) >= 11 is 0. The molecule has 74 valence electrons. The highest BCUT2D eigenvalue weighted by molar-refractivity contribution is 5.43. The molecule has 0 saturated carbocycles. The lowest BCUT2D eigenvalue weighted by atomic mass is 9.74. The molecule has 1 rings (SSSR count). The van der Waals surface area contributed by atoms with Crippen molar-refractivity contribution in [2.24, 2.45) is 10.8 Å².